The fraction of sp³-hybridized carbons (Fsp3) is 0.400. The number of benzene rings is 1. The molecular weight excluding hydrogens is 246 g/mol. The summed E-state index contributed by atoms with van der Waals surface area (Å²) in [7, 11) is 0. The summed E-state index contributed by atoms with van der Waals surface area (Å²) in [6.07, 6.45) is 6.55. The summed E-state index contributed by atoms with van der Waals surface area (Å²) >= 11 is 5.83. The van der Waals surface area contributed by atoms with Crippen LogP contribution >= 0.6 is 11.6 Å². The van der Waals surface area contributed by atoms with E-state index in [9.17, 15) is 4.79 Å². The van der Waals surface area contributed by atoms with E-state index < -0.39 is 0 Å². The van der Waals surface area contributed by atoms with Crippen molar-refractivity contribution in [2.45, 2.75) is 19.8 Å². The number of hydrogen-bond donors (Lipinski definition) is 1. The molecule has 94 valence electrons. The Morgan fingerprint density at radius 3 is 2.61 bits per heavy atom. The van der Waals surface area contributed by atoms with Crippen molar-refractivity contribution in [3.05, 3.63) is 41.4 Å². The molecule has 1 aromatic carbocycles. The minimum absolute atomic E-state index is 0.127. The standard InChI is InChI=1S/C15H16ClNO/c1-15(9-10-2-3-11(15)8-10)14(18)17-13-6-4-12(16)5-7-13/h2-7,10-11H,8-9H2,1H3,(H,17,18)/t10-,11-,15-/m0/s1. The van der Waals surface area contributed by atoms with Gasteiger partial charge in [-0.1, -0.05) is 30.7 Å². The molecule has 18 heavy (non-hydrogen) atoms. The van der Waals surface area contributed by atoms with Gasteiger partial charge in [-0.2, -0.15) is 0 Å². The first-order valence-corrected chi connectivity index (χ1v) is 6.71. The fourth-order valence-corrected chi connectivity index (χ4v) is 3.29. The van der Waals surface area contributed by atoms with Crippen molar-refractivity contribution < 1.29 is 4.79 Å². The normalized spacial score (nSPS) is 32.8. The predicted molar refractivity (Wildman–Crippen MR) is 73.5 cm³/mol. The van der Waals surface area contributed by atoms with E-state index in [1.54, 1.807) is 12.1 Å². The van der Waals surface area contributed by atoms with Crippen molar-refractivity contribution in [2.75, 3.05) is 5.32 Å². The van der Waals surface area contributed by atoms with Crippen LogP contribution in [0, 0.1) is 17.3 Å². The van der Waals surface area contributed by atoms with Crippen molar-refractivity contribution in [2.24, 2.45) is 17.3 Å². The Bertz CT molecular complexity index is 508. The van der Waals surface area contributed by atoms with Crippen LogP contribution in [0.25, 0.3) is 0 Å². The van der Waals surface area contributed by atoms with Crippen molar-refractivity contribution in [1.29, 1.82) is 0 Å². The molecule has 2 aliphatic carbocycles. The van der Waals surface area contributed by atoms with E-state index in [4.69, 9.17) is 11.6 Å². The monoisotopic (exact) mass is 261 g/mol. The zero-order chi connectivity index (χ0) is 12.8. The van der Waals surface area contributed by atoms with Gasteiger partial charge in [0.05, 0.1) is 5.41 Å². The molecule has 0 spiro atoms. The summed E-state index contributed by atoms with van der Waals surface area (Å²) in [6.45, 7) is 2.08. The molecule has 1 N–H and O–H groups in total. The molecule has 0 aliphatic heterocycles. The molecule has 1 aromatic rings. The number of rotatable bonds is 2. The SMILES string of the molecule is C[C@]1(C(=O)Nc2ccc(Cl)cc2)C[C@H]2C=C[C@H]1C2. The second-order valence-corrected chi connectivity index (χ2v) is 6.01. The van der Waals surface area contributed by atoms with Crippen LogP contribution in [0.15, 0.2) is 36.4 Å². The van der Waals surface area contributed by atoms with E-state index in [0.717, 1.165) is 18.5 Å². The van der Waals surface area contributed by atoms with Crippen LogP contribution in [0.4, 0.5) is 5.69 Å². The molecule has 0 saturated heterocycles. The Balaban J connectivity index is 1.76. The van der Waals surface area contributed by atoms with Crippen molar-refractivity contribution >= 4 is 23.2 Å². The number of fused-ring (bicyclic) bond motifs is 2. The van der Waals surface area contributed by atoms with E-state index >= 15 is 0 Å². The van der Waals surface area contributed by atoms with Gasteiger partial charge in [-0.15, -0.1) is 0 Å². The average molecular weight is 262 g/mol. The maximum atomic E-state index is 12.4. The molecule has 1 saturated carbocycles. The number of nitrogens with one attached hydrogen (secondary N) is 1. The molecule has 2 aliphatic rings. The molecule has 3 rings (SSSR count). The Morgan fingerprint density at radius 1 is 1.33 bits per heavy atom. The molecular formula is C15H16ClNO. The quantitative estimate of drug-likeness (QED) is 0.805. The first kappa shape index (κ1) is 11.8. The minimum Gasteiger partial charge on any atom is -0.326 e. The number of amides is 1. The Morgan fingerprint density at radius 2 is 2.06 bits per heavy atom. The van der Waals surface area contributed by atoms with Crippen molar-refractivity contribution in [3.8, 4) is 0 Å². The lowest BCUT2D eigenvalue weighted by Gasteiger charge is -2.29. The van der Waals surface area contributed by atoms with Crippen molar-refractivity contribution in [1.82, 2.24) is 0 Å². The molecule has 0 aromatic heterocycles. The zero-order valence-corrected chi connectivity index (χ0v) is 11.1. The lowest BCUT2D eigenvalue weighted by atomic mass is 9.77. The summed E-state index contributed by atoms with van der Waals surface area (Å²) in [6, 6.07) is 7.26. The van der Waals surface area contributed by atoms with Gasteiger partial charge in [0.25, 0.3) is 0 Å². The highest BCUT2D eigenvalue weighted by molar-refractivity contribution is 6.30. The lowest BCUT2D eigenvalue weighted by Crippen LogP contribution is -2.36. The third kappa shape index (κ3) is 1.85. The van der Waals surface area contributed by atoms with Crippen molar-refractivity contribution in [3.63, 3.8) is 0 Å². The average Bonchev–Trinajstić information content (AvgIpc) is 2.92. The molecule has 2 bridgehead atoms. The van der Waals surface area contributed by atoms with Gasteiger partial charge in [0, 0.05) is 10.7 Å². The van der Waals surface area contributed by atoms with Gasteiger partial charge in [-0.25, -0.2) is 0 Å². The first-order valence-electron chi connectivity index (χ1n) is 6.33. The second kappa shape index (κ2) is 4.13. The second-order valence-electron chi connectivity index (χ2n) is 5.57. The Kier molecular flexibility index (Phi) is 2.70. The number of hydrogen-bond acceptors (Lipinski definition) is 1. The highest BCUT2D eigenvalue weighted by atomic mass is 35.5. The topological polar surface area (TPSA) is 29.1 Å². The molecule has 3 heteroatoms. The van der Waals surface area contributed by atoms with Gasteiger partial charge in [-0.05, 0) is 48.9 Å². The smallest absolute Gasteiger partial charge is 0.230 e. The van der Waals surface area contributed by atoms with Crippen LogP contribution in [0.1, 0.15) is 19.8 Å². The Labute approximate surface area is 112 Å². The van der Waals surface area contributed by atoms with Gasteiger partial charge in [0.15, 0.2) is 0 Å². The highest BCUT2D eigenvalue weighted by Gasteiger charge is 2.49. The number of allylic oxidation sites excluding steroid dienone is 2. The fourth-order valence-electron chi connectivity index (χ4n) is 3.16. The van der Waals surface area contributed by atoms with Crippen LogP contribution in [-0.2, 0) is 4.79 Å². The van der Waals surface area contributed by atoms with Crippen LogP contribution in [0.3, 0.4) is 0 Å². The third-order valence-electron chi connectivity index (χ3n) is 4.30. The molecule has 0 radical (unpaired) electrons. The molecule has 1 amide bonds. The van der Waals surface area contributed by atoms with E-state index in [1.165, 1.54) is 0 Å². The number of carbonyl (C=O) groups is 1. The van der Waals surface area contributed by atoms with Crippen LogP contribution in [-0.4, -0.2) is 5.91 Å². The number of halogens is 1. The van der Waals surface area contributed by atoms with Gasteiger partial charge in [0.1, 0.15) is 0 Å². The van der Waals surface area contributed by atoms with Crippen LogP contribution in [0.2, 0.25) is 5.02 Å². The molecule has 2 nitrogen and oxygen atoms in total. The molecule has 0 heterocycles. The summed E-state index contributed by atoms with van der Waals surface area (Å²) in [5.41, 5.74) is 0.566. The van der Waals surface area contributed by atoms with Gasteiger partial charge in [0.2, 0.25) is 5.91 Å². The third-order valence-corrected chi connectivity index (χ3v) is 4.55. The maximum Gasteiger partial charge on any atom is 0.230 e. The predicted octanol–water partition coefficient (Wildman–Crippen LogP) is 3.88. The zero-order valence-electron chi connectivity index (χ0n) is 10.3. The van der Waals surface area contributed by atoms with E-state index in [2.05, 4.69) is 24.4 Å². The van der Waals surface area contributed by atoms with E-state index in [1.807, 2.05) is 12.1 Å². The summed E-state index contributed by atoms with van der Waals surface area (Å²) < 4.78 is 0. The van der Waals surface area contributed by atoms with Gasteiger partial charge < -0.3 is 5.32 Å². The lowest BCUT2D eigenvalue weighted by molar-refractivity contribution is -0.126. The summed E-state index contributed by atoms with van der Waals surface area (Å²) in [5.74, 6) is 1.12. The largest absolute Gasteiger partial charge is 0.326 e. The van der Waals surface area contributed by atoms with E-state index in [0.29, 0.717) is 16.9 Å². The molecule has 0 unspecified atom stereocenters. The molecule has 3 atom stereocenters. The van der Waals surface area contributed by atoms with Crippen LogP contribution < -0.4 is 5.32 Å². The number of carbonyl (C=O) groups excluding carboxylic acids is 1. The van der Waals surface area contributed by atoms with Gasteiger partial charge in [-0.3, -0.25) is 4.79 Å². The van der Waals surface area contributed by atoms with Crippen LogP contribution in [0.5, 0.6) is 0 Å². The number of anilines is 1. The summed E-state index contributed by atoms with van der Waals surface area (Å²) in [5, 5.41) is 3.69. The van der Waals surface area contributed by atoms with Gasteiger partial charge >= 0.3 is 0 Å². The maximum absolute atomic E-state index is 12.4. The highest BCUT2D eigenvalue weighted by Crippen LogP contribution is 2.52. The van der Waals surface area contributed by atoms with E-state index in [-0.39, 0.29) is 11.3 Å². The summed E-state index contributed by atoms with van der Waals surface area (Å²) in [4.78, 5) is 12.4. The minimum atomic E-state index is -0.251. The Hall–Kier alpha value is -1.28. The first-order chi connectivity index (χ1) is 8.58. The molecule has 1 fully saturated rings.